The molecular weight excluding hydrogens is 340 g/mol. The van der Waals surface area contributed by atoms with Crippen LogP contribution in [0.15, 0.2) is 29.2 Å². The standard InChI is InChI=1S/C17H24N4O3S/c1-5-6-9-18-16-7-8-17(20-19-16)21-25(22,23)15-11-12(2)14(24-4)10-13(15)3/h7-8,10-11H,5-6,9H2,1-4H3,(H,18,19)(H,20,21). The lowest BCUT2D eigenvalue weighted by Gasteiger charge is -2.13. The minimum Gasteiger partial charge on any atom is -0.496 e. The van der Waals surface area contributed by atoms with E-state index in [2.05, 4.69) is 27.2 Å². The molecule has 0 fully saturated rings. The number of rotatable bonds is 8. The van der Waals surface area contributed by atoms with E-state index in [0.29, 0.717) is 17.1 Å². The number of aromatic nitrogens is 2. The Kier molecular flexibility index (Phi) is 6.19. The number of benzene rings is 1. The van der Waals surface area contributed by atoms with E-state index < -0.39 is 10.0 Å². The number of methoxy groups -OCH3 is 1. The molecule has 0 bridgehead atoms. The molecule has 2 aromatic rings. The summed E-state index contributed by atoms with van der Waals surface area (Å²) in [5.41, 5.74) is 1.34. The summed E-state index contributed by atoms with van der Waals surface area (Å²) in [5.74, 6) is 1.44. The molecule has 1 heterocycles. The quantitative estimate of drug-likeness (QED) is 0.699. The Morgan fingerprint density at radius 1 is 1.08 bits per heavy atom. The fourth-order valence-electron chi connectivity index (χ4n) is 2.34. The summed E-state index contributed by atoms with van der Waals surface area (Å²) in [6.07, 6.45) is 2.12. The Morgan fingerprint density at radius 2 is 1.76 bits per heavy atom. The van der Waals surface area contributed by atoms with Crippen LogP contribution in [0.25, 0.3) is 0 Å². The van der Waals surface area contributed by atoms with E-state index in [1.807, 2.05) is 0 Å². The predicted molar refractivity (Wildman–Crippen MR) is 98.7 cm³/mol. The highest BCUT2D eigenvalue weighted by Crippen LogP contribution is 2.26. The molecule has 25 heavy (non-hydrogen) atoms. The Balaban J connectivity index is 2.17. The van der Waals surface area contributed by atoms with Crippen molar-refractivity contribution in [3.05, 3.63) is 35.4 Å². The highest BCUT2D eigenvalue weighted by Gasteiger charge is 2.19. The third-order valence-electron chi connectivity index (χ3n) is 3.72. The van der Waals surface area contributed by atoms with Crippen molar-refractivity contribution in [1.29, 1.82) is 0 Å². The van der Waals surface area contributed by atoms with E-state index in [1.54, 1.807) is 45.2 Å². The van der Waals surface area contributed by atoms with Crippen LogP contribution in [0.4, 0.5) is 11.6 Å². The monoisotopic (exact) mass is 364 g/mol. The molecule has 0 aliphatic carbocycles. The van der Waals surface area contributed by atoms with Gasteiger partial charge in [-0.25, -0.2) is 8.42 Å². The molecule has 0 unspecified atom stereocenters. The highest BCUT2D eigenvalue weighted by atomic mass is 32.2. The number of aryl methyl sites for hydroxylation is 2. The molecule has 136 valence electrons. The maximum absolute atomic E-state index is 12.6. The van der Waals surface area contributed by atoms with Crippen molar-refractivity contribution >= 4 is 21.7 Å². The van der Waals surface area contributed by atoms with Crippen LogP contribution >= 0.6 is 0 Å². The van der Waals surface area contributed by atoms with Crippen LogP contribution in [0, 0.1) is 13.8 Å². The van der Waals surface area contributed by atoms with Crippen molar-refractivity contribution in [2.24, 2.45) is 0 Å². The van der Waals surface area contributed by atoms with Crippen LogP contribution in [0.3, 0.4) is 0 Å². The van der Waals surface area contributed by atoms with Crippen LogP contribution in [-0.2, 0) is 10.0 Å². The molecule has 0 atom stereocenters. The molecule has 1 aromatic carbocycles. The molecule has 1 aromatic heterocycles. The lowest BCUT2D eigenvalue weighted by molar-refractivity contribution is 0.411. The largest absolute Gasteiger partial charge is 0.496 e. The van der Waals surface area contributed by atoms with Gasteiger partial charge in [-0.2, -0.15) is 0 Å². The molecule has 0 amide bonds. The first kappa shape index (κ1) is 19.0. The van der Waals surface area contributed by atoms with E-state index >= 15 is 0 Å². The average molecular weight is 364 g/mol. The van der Waals surface area contributed by atoms with Gasteiger partial charge in [0.2, 0.25) is 0 Å². The summed E-state index contributed by atoms with van der Waals surface area (Å²) >= 11 is 0. The molecular formula is C17H24N4O3S. The van der Waals surface area contributed by atoms with Crippen LogP contribution in [-0.4, -0.2) is 32.3 Å². The summed E-state index contributed by atoms with van der Waals surface area (Å²) in [7, 11) is -2.20. The number of nitrogens with zero attached hydrogens (tertiary/aromatic N) is 2. The van der Waals surface area contributed by atoms with E-state index in [9.17, 15) is 8.42 Å². The van der Waals surface area contributed by atoms with Gasteiger partial charge in [-0.15, -0.1) is 10.2 Å². The normalized spacial score (nSPS) is 11.2. The first-order valence-electron chi connectivity index (χ1n) is 8.13. The van der Waals surface area contributed by atoms with Gasteiger partial charge in [0, 0.05) is 6.54 Å². The van der Waals surface area contributed by atoms with Gasteiger partial charge in [0.25, 0.3) is 10.0 Å². The molecule has 0 saturated carbocycles. The van der Waals surface area contributed by atoms with E-state index in [1.165, 1.54) is 0 Å². The Bertz CT molecular complexity index is 821. The zero-order valence-corrected chi connectivity index (χ0v) is 15.8. The number of unbranched alkanes of at least 4 members (excludes halogenated alkanes) is 1. The fourth-order valence-corrected chi connectivity index (χ4v) is 3.65. The van der Waals surface area contributed by atoms with Gasteiger partial charge in [0.1, 0.15) is 11.6 Å². The highest BCUT2D eigenvalue weighted by molar-refractivity contribution is 7.92. The molecule has 0 radical (unpaired) electrons. The molecule has 2 N–H and O–H groups in total. The fraction of sp³-hybridized carbons (Fsp3) is 0.412. The molecule has 0 aliphatic heterocycles. The number of hydrogen-bond donors (Lipinski definition) is 2. The topological polar surface area (TPSA) is 93.2 Å². The van der Waals surface area contributed by atoms with Crippen molar-refractivity contribution in [3.63, 3.8) is 0 Å². The van der Waals surface area contributed by atoms with Gasteiger partial charge < -0.3 is 10.1 Å². The predicted octanol–water partition coefficient (Wildman–Crippen LogP) is 3.11. The third kappa shape index (κ3) is 4.82. The molecule has 0 aliphatic rings. The maximum Gasteiger partial charge on any atom is 0.263 e. The molecule has 7 nitrogen and oxygen atoms in total. The second kappa shape index (κ2) is 8.15. The minimum atomic E-state index is -3.75. The second-order valence-electron chi connectivity index (χ2n) is 5.78. The first-order chi connectivity index (χ1) is 11.9. The van der Waals surface area contributed by atoms with Gasteiger partial charge in [0.05, 0.1) is 12.0 Å². The van der Waals surface area contributed by atoms with Crippen LogP contribution in [0.2, 0.25) is 0 Å². The Hall–Kier alpha value is -2.35. The van der Waals surface area contributed by atoms with Gasteiger partial charge in [-0.1, -0.05) is 13.3 Å². The maximum atomic E-state index is 12.6. The van der Waals surface area contributed by atoms with E-state index in [4.69, 9.17) is 4.74 Å². The van der Waals surface area contributed by atoms with Crippen LogP contribution < -0.4 is 14.8 Å². The van der Waals surface area contributed by atoms with Crippen molar-refractivity contribution in [3.8, 4) is 5.75 Å². The number of anilines is 2. The second-order valence-corrected chi connectivity index (χ2v) is 7.43. The summed E-state index contributed by atoms with van der Waals surface area (Å²) in [6.45, 7) is 6.44. The number of nitrogens with one attached hydrogen (secondary N) is 2. The Morgan fingerprint density at radius 3 is 2.36 bits per heavy atom. The molecule has 8 heteroatoms. The molecule has 0 spiro atoms. The Labute approximate surface area is 148 Å². The number of ether oxygens (including phenoxy) is 1. The zero-order chi connectivity index (χ0) is 18.4. The summed E-state index contributed by atoms with van der Waals surface area (Å²) in [4.78, 5) is 0.192. The lowest BCUT2D eigenvalue weighted by atomic mass is 10.1. The first-order valence-corrected chi connectivity index (χ1v) is 9.61. The lowest BCUT2D eigenvalue weighted by Crippen LogP contribution is -2.16. The smallest absolute Gasteiger partial charge is 0.263 e. The van der Waals surface area contributed by atoms with Crippen molar-refractivity contribution in [2.75, 3.05) is 23.7 Å². The van der Waals surface area contributed by atoms with Crippen LogP contribution in [0.5, 0.6) is 5.75 Å². The van der Waals surface area contributed by atoms with Crippen molar-refractivity contribution < 1.29 is 13.2 Å². The van der Waals surface area contributed by atoms with E-state index in [-0.39, 0.29) is 10.7 Å². The SMILES string of the molecule is CCCCNc1ccc(NS(=O)(=O)c2cc(C)c(OC)cc2C)nn1. The van der Waals surface area contributed by atoms with Crippen molar-refractivity contribution in [2.45, 2.75) is 38.5 Å². The third-order valence-corrected chi connectivity index (χ3v) is 5.22. The average Bonchev–Trinajstić information content (AvgIpc) is 2.58. The van der Waals surface area contributed by atoms with E-state index in [0.717, 1.165) is 24.9 Å². The minimum absolute atomic E-state index is 0.175. The number of hydrogen-bond acceptors (Lipinski definition) is 6. The summed E-state index contributed by atoms with van der Waals surface area (Å²) in [6, 6.07) is 6.58. The number of sulfonamides is 1. The van der Waals surface area contributed by atoms with Crippen LogP contribution in [0.1, 0.15) is 30.9 Å². The molecule has 2 rings (SSSR count). The van der Waals surface area contributed by atoms with Crippen molar-refractivity contribution in [1.82, 2.24) is 10.2 Å². The van der Waals surface area contributed by atoms with Gasteiger partial charge in [0.15, 0.2) is 5.82 Å². The molecule has 0 saturated heterocycles. The summed E-state index contributed by atoms with van der Waals surface area (Å²) in [5, 5.41) is 11.0. The van der Waals surface area contributed by atoms with Gasteiger partial charge in [-0.3, -0.25) is 4.72 Å². The zero-order valence-electron chi connectivity index (χ0n) is 15.0. The van der Waals surface area contributed by atoms with Gasteiger partial charge in [-0.05, 0) is 55.7 Å². The summed E-state index contributed by atoms with van der Waals surface area (Å²) < 4.78 is 33.0. The van der Waals surface area contributed by atoms with Gasteiger partial charge >= 0.3 is 0 Å².